The predicted molar refractivity (Wildman–Crippen MR) is 129 cm³/mol. The van der Waals surface area contributed by atoms with Crippen molar-refractivity contribution < 1.29 is 17.9 Å². The average molecular weight is 471 g/mol. The Bertz CT molecular complexity index is 1090. The van der Waals surface area contributed by atoms with E-state index in [4.69, 9.17) is 4.74 Å². The van der Waals surface area contributed by atoms with Crippen molar-refractivity contribution in [3.05, 3.63) is 59.7 Å². The maximum absolute atomic E-state index is 13.1. The molecular formula is C24H30N4O4S. The lowest BCUT2D eigenvalue weighted by molar-refractivity contribution is 0.105. The van der Waals surface area contributed by atoms with Crippen LogP contribution in [-0.2, 0) is 21.3 Å². The van der Waals surface area contributed by atoms with Gasteiger partial charge in [0, 0.05) is 26.2 Å². The van der Waals surface area contributed by atoms with Gasteiger partial charge in [-0.05, 0) is 37.1 Å². The number of ether oxygens (including phenoxy) is 1. The highest BCUT2D eigenvalue weighted by atomic mass is 32.2. The lowest BCUT2D eigenvalue weighted by atomic mass is 10.1. The number of rotatable bonds is 8. The molecule has 1 amide bonds. The first-order chi connectivity index (χ1) is 15.9. The molecule has 33 heavy (non-hydrogen) atoms. The second-order valence-electron chi connectivity index (χ2n) is 7.79. The number of sulfonamides is 1. The molecule has 176 valence electrons. The summed E-state index contributed by atoms with van der Waals surface area (Å²) in [6.07, 6.45) is 0.173. The lowest BCUT2D eigenvalue weighted by Crippen LogP contribution is -2.49. The molecule has 3 rings (SSSR count). The van der Waals surface area contributed by atoms with Crippen molar-refractivity contribution in [2.24, 2.45) is 0 Å². The van der Waals surface area contributed by atoms with E-state index in [0.29, 0.717) is 50.5 Å². The van der Waals surface area contributed by atoms with Crippen LogP contribution in [0, 0.1) is 11.3 Å². The van der Waals surface area contributed by atoms with E-state index in [9.17, 15) is 18.5 Å². The number of anilines is 2. The van der Waals surface area contributed by atoms with Crippen molar-refractivity contribution in [3.8, 4) is 6.07 Å². The van der Waals surface area contributed by atoms with Gasteiger partial charge in [0.15, 0.2) is 0 Å². The summed E-state index contributed by atoms with van der Waals surface area (Å²) in [6, 6.07) is 16.8. The molecule has 0 N–H and O–H groups in total. The van der Waals surface area contributed by atoms with E-state index in [1.54, 1.807) is 30.0 Å². The minimum absolute atomic E-state index is 0.0271. The van der Waals surface area contributed by atoms with E-state index in [1.807, 2.05) is 42.2 Å². The summed E-state index contributed by atoms with van der Waals surface area (Å²) >= 11 is 0. The summed E-state index contributed by atoms with van der Waals surface area (Å²) in [4.78, 5) is 15.6. The van der Waals surface area contributed by atoms with E-state index in [0.717, 1.165) is 11.3 Å². The average Bonchev–Trinajstić information content (AvgIpc) is 2.83. The van der Waals surface area contributed by atoms with Gasteiger partial charge in [0.05, 0.1) is 35.8 Å². The molecule has 2 aromatic rings. The third kappa shape index (κ3) is 5.96. The van der Waals surface area contributed by atoms with Crippen LogP contribution in [0.3, 0.4) is 0 Å². The van der Waals surface area contributed by atoms with Gasteiger partial charge >= 0.3 is 6.09 Å². The summed E-state index contributed by atoms with van der Waals surface area (Å²) in [5.41, 5.74) is 2.48. The van der Waals surface area contributed by atoms with Crippen molar-refractivity contribution in [2.45, 2.75) is 26.8 Å². The van der Waals surface area contributed by atoms with Gasteiger partial charge in [-0.15, -0.1) is 0 Å². The maximum Gasteiger partial charge on any atom is 0.409 e. The third-order valence-corrected chi connectivity index (χ3v) is 7.44. The van der Waals surface area contributed by atoms with Gasteiger partial charge in [0.25, 0.3) is 0 Å². The van der Waals surface area contributed by atoms with E-state index in [1.165, 1.54) is 4.31 Å². The first kappa shape index (κ1) is 24.4. The normalized spacial score (nSPS) is 14.0. The Kier molecular flexibility index (Phi) is 8.17. The first-order valence-corrected chi connectivity index (χ1v) is 12.8. The number of carbonyl (C=O) groups is 1. The van der Waals surface area contributed by atoms with Crippen LogP contribution in [-0.4, -0.2) is 57.9 Å². The topological polar surface area (TPSA) is 94.0 Å². The molecular weight excluding hydrogens is 440 g/mol. The molecule has 0 atom stereocenters. The number of benzene rings is 2. The molecule has 0 saturated carbocycles. The zero-order chi connectivity index (χ0) is 23.8. The predicted octanol–water partition coefficient (Wildman–Crippen LogP) is 3.58. The molecule has 0 radical (unpaired) electrons. The van der Waals surface area contributed by atoms with Gasteiger partial charge in [0.1, 0.15) is 6.07 Å². The number of nitrogens with zero attached hydrogens (tertiary/aromatic N) is 4. The number of piperazine rings is 1. The highest BCUT2D eigenvalue weighted by Gasteiger charge is 2.26. The Morgan fingerprint density at radius 2 is 1.79 bits per heavy atom. The van der Waals surface area contributed by atoms with Crippen LogP contribution in [0.1, 0.15) is 31.4 Å². The van der Waals surface area contributed by atoms with Gasteiger partial charge in [-0.3, -0.25) is 4.31 Å². The molecule has 1 heterocycles. The number of hydrogen-bond donors (Lipinski definition) is 0. The Hall–Kier alpha value is -3.25. The van der Waals surface area contributed by atoms with Crippen molar-refractivity contribution in [1.82, 2.24) is 4.90 Å². The van der Waals surface area contributed by atoms with Gasteiger partial charge in [-0.2, -0.15) is 5.26 Å². The van der Waals surface area contributed by atoms with Crippen LogP contribution in [0.15, 0.2) is 48.5 Å². The summed E-state index contributed by atoms with van der Waals surface area (Å²) < 4.78 is 32.6. The van der Waals surface area contributed by atoms with Crippen LogP contribution in [0.5, 0.6) is 0 Å². The summed E-state index contributed by atoms with van der Waals surface area (Å²) in [7, 11) is -3.56. The van der Waals surface area contributed by atoms with E-state index in [-0.39, 0.29) is 18.4 Å². The van der Waals surface area contributed by atoms with Crippen molar-refractivity contribution in [3.63, 3.8) is 0 Å². The second kappa shape index (κ2) is 11.1. The SMILES string of the molecule is CCCS(=O)(=O)N(Cc1ccccc1)c1ccc(N2CCN(C(=O)OCC)CC2)c(C#N)c1. The number of nitriles is 1. The Morgan fingerprint density at radius 1 is 1.09 bits per heavy atom. The van der Waals surface area contributed by atoms with Crippen molar-refractivity contribution in [1.29, 1.82) is 5.26 Å². The Morgan fingerprint density at radius 3 is 2.39 bits per heavy atom. The molecule has 0 aliphatic carbocycles. The Labute approximate surface area is 196 Å². The highest BCUT2D eigenvalue weighted by molar-refractivity contribution is 7.92. The highest BCUT2D eigenvalue weighted by Crippen LogP contribution is 2.29. The number of hydrogen-bond acceptors (Lipinski definition) is 6. The summed E-state index contributed by atoms with van der Waals surface area (Å²) in [5.74, 6) is 0.0271. The standard InChI is InChI=1S/C24H30N4O4S/c1-3-16-33(30,31)28(19-20-8-6-5-7-9-20)22-10-11-23(21(17-22)18-25)26-12-14-27(15-13-26)24(29)32-4-2/h5-11,17H,3-4,12-16,19H2,1-2H3. The molecule has 0 spiro atoms. The maximum atomic E-state index is 13.1. The molecule has 8 nitrogen and oxygen atoms in total. The molecule has 1 fully saturated rings. The smallest absolute Gasteiger partial charge is 0.409 e. The van der Waals surface area contributed by atoms with E-state index >= 15 is 0 Å². The fourth-order valence-corrected chi connectivity index (χ4v) is 5.37. The van der Waals surface area contributed by atoms with Crippen LogP contribution in [0.25, 0.3) is 0 Å². The first-order valence-electron chi connectivity index (χ1n) is 11.1. The van der Waals surface area contributed by atoms with Gasteiger partial charge < -0.3 is 14.5 Å². The molecule has 1 saturated heterocycles. The van der Waals surface area contributed by atoms with Crippen LogP contribution >= 0.6 is 0 Å². The van der Waals surface area contributed by atoms with E-state index in [2.05, 4.69) is 6.07 Å². The van der Waals surface area contributed by atoms with Crippen LogP contribution in [0.2, 0.25) is 0 Å². The summed E-state index contributed by atoms with van der Waals surface area (Å²) in [6.45, 7) is 6.26. The largest absolute Gasteiger partial charge is 0.450 e. The molecule has 9 heteroatoms. The zero-order valence-electron chi connectivity index (χ0n) is 19.1. The summed E-state index contributed by atoms with van der Waals surface area (Å²) in [5, 5.41) is 9.83. The zero-order valence-corrected chi connectivity index (χ0v) is 19.9. The molecule has 0 bridgehead atoms. The molecule has 1 aliphatic rings. The van der Waals surface area contributed by atoms with Gasteiger partial charge in [-0.1, -0.05) is 37.3 Å². The fourth-order valence-electron chi connectivity index (χ4n) is 3.86. The third-order valence-electron chi connectivity index (χ3n) is 5.50. The minimum Gasteiger partial charge on any atom is -0.450 e. The Balaban J connectivity index is 1.86. The van der Waals surface area contributed by atoms with Gasteiger partial charge in [-0.25, -0.2) is 13.2 Å². The molecule has 0 unspecified atom stereocenters. The number of amides is 1. The second-order valence-corrected chi connectivity index (χ2v) is 9.81. The van der Waals surface area contributed by atoms with Gasteiger partial charge in [0.2, 0.25) is 10.0 Å². The lowest BCUT2D eigenvalue weighted by Gasteiger charge is -2.36. The van der Waals surface area contributed by atoms with Crippen LogP contribution < -0.4 is 9.21 Å². The molecule has 1 aliphatic heterocycles. The van der Waals surface area contributed by atoms with Crippen molar-refractivity contribution >= 4 is 27.5 Å². The quantitative estimate of drug-likeness (QED) is 0.585. The molecule has 0 aromatic heterocycles. The number of carbonyl (C=O) groups excluding carboxylic acids is 1. The monoisotopic (exact) mass is 470 g/mol. The van der Waals surface area contributed by atoms with Crippen molar-refractivity contribution in [2.75, 3.05) is 47.7 Å². The minimum atomic E-state index is -3.56. The fraction of sp³-hybridized carbons (Fsp3) is 0.417. The van der Waals surface area contributed by atoms with Crippen LogP contribution in [0.4, 0.5) is 16.2 Å². The molecule has 2 aromatic carbocycles. The van der Waals surface area contributed by atoms with E-state index < -0.39 is 10.0 Å².